The molecular formula is C10H14N4OS. The highest BCUT2D eigenvalue weighted by atomic mass is 32.1. The minimum absolute atomic E-state index is 0.309. The van der Waals surface area contributed by atoms with E-state index in [2.05, 4.69) is 29.0 Å². The summed E-state index contributed by atoms with van der Waals surface area (Å²) in [6, 6.07) is 0. The molecule has 0 radical (unpaired) electrons. The van der Waals surface area contributed by atoms with Gasteiger partial charge in [0.1, 0.15) is 18.1 Å². The van der Waals surface area contributed by atoms with Gasteiger partial charge in [-0.2, -0.15) is 5.10 Å². The summed E-state index contributed by atoms with van der Waals surface area (Å²) in [5.41, 5.74) is 0. The third-order valence-corrected chi connectivity index (χ3v) is 2.58. The van der Waals surface area contributed by atoms with Gasteiger partial charge in [-0.25, -0.2) is 4.98 Å². The van der Waals surface area contributed by atoms with E-state index in [1.165, 1.54) is 0 Å². The number of hydrogen-bond donors (Lipinski definition) is 1. The summed E-state index contributed by atoms with van der Waals surface area (Å²) in [5.74, 6) is 2.68. The summed E-state index contributed by atoms with van der Waals surface area (Å²) in [6.45, 7) is 6.54. The second-order valence-electron chi connectivity index (χ2n) is 3.99. The Bertz CT molecular complexity index is 537. The standard InChI is InChI=1S/C10H14N4OS/c1-6(2)9-12-13-10(16)14(9)5-8-11-4-7(3)15-8/h4,6H,5H2,1-3H3,(H,13,16). The van der Waals surface area contributed by atoms with E-state index in [0.717, 1.165) is 11.6 Å². The van der Waals surface area contributed by atoms with Crippen LogP contribution in [0, 0.1) is 11.7 Å². The minimum atomic E-state index is 0.309. The van der Waals surface area contributed by atoms with Gasteiger partial charge in [-0.1, -0.05) is 13.8 Å². The summed E-state index contributed by atoms with van der Waals surface area (Å²) in [7, 11) is 0. The van der Waals surface area contributed by atoms with E-state index < -0.39 is 0 Å². The predicted molar refractivity (Wildman–Crippen MR) is 61.8 cm³/mol. The van der Waals surface area contributed by atoms with Gasteiger partial charge in [0.05, 0.1) is 6.20 Å². The zero-order valence-corrected chi connectivity index (χ0v) is 10.3. The van der Waals surface area contributed by atoms with Gasteiger partial charge < -0.3 is 4.42 Å². The van der Waals surface area contributed by atoms with Crippen LogP contribution in [0.25, 0.3) is 0 Å². The lowest BCUT2D eigenvalue weighted by molar-refractivity contribution is 0.450. The molecule has 0 aliphatic carbocycles. The van der Waals surface area contributed by atoms with Crippen molar-refractivity contribution >= 4 is 12.2 Å². The third-order valence-electron chi connectivity index (χ3n) is 2.27. The number of nitrogens with one attached hydrogen (secondary N) is 1. The first-order valence-corrected chi connectivity index (χ1v) is 5.55. The van der Waals surface area contributed by atoms with Crippen LogP contribution >= 0.6 is 12.2 Å². The Morgan fingerprint density at radius 3 is 2.88 bits per heavy atom. The van der Waals surface area contributed by atoms with Gasteiger partial charge in [0, 0.05) is 5.92 Å². The van der Waals surface area contributed by atoms with Crippen molar-refractivity contribution in [3.63, 3.8) is 0 Å². The monoisotopic (exact) mass is 238 g/mol. The molecule has 0 aromatic carbocycles. The van der Waals surface area contributed by atoms with Crippen LogP contribution in [0.2, 0.25) is 0 Å². The fraction of sp³-hybridized carbons (Fsp3) is 0.500. The molecule has 2 aromatic heterocycles. The quantitative estimate of drug-likeness (QED) is 0.834. The van der Waals surface area contributed by atoms with Crippen molar-refractivity contribution in [1.82, 2.24) is 19.7 Å². The number of aryl methyl sites for hydroxylation is 1. The molecule has 0 saturated heterocycles. The smallest absolute Gasteiger partial charge is 0.214 e. The second kappa shape index (κ2) is 4.21. The largest absolute Gasteiger partial charge is 0.444 e. The maximum atomic E-state index is 5.43. The van der Waals surface area contributed by atoms with Crippen molar-refractivity contribution in [2.24, 2.45) is 0 Å². The van der Waals surface area contributed by atoms with Crippen molar-refractivity contribution in [2.45, 2.75) is 33.2 Å². The Labute approximate surface area is 98.5 Å². The number of oxazole rings is 1. The van der Waals surface area contributed by atoms with E-state index in [-0.39, 0.29) is 0 Å². The number of nitrogens with zero attached hydrogens (tertiary/aromatic N) is 3. The number of aromatic amines is 1. The van der Waals surface area contributed by atoms with E-state index in [9.17, 15) is 0 Å². The third kappa shape index (κ3) is 2.06. The molecule has 0 fully saturated rings. The van der Waals surface area contributed by atoms with Crippen LogP contribution in [0.15, 0.2) is 10.6 Å². The van der Waals surface area contributed by atoms with E-state index >= 15 is 0 Å². The van der Waals surface area contributed by atoms with Crippen molar-refractivity contribution in [3.8, 4) is 0 Å². The first kappa shape index (κ1) is 11.1. The molecule has 16 heavy (non-hydrogen) atoms. The molecule has 0 atom stereocenters. The van der Waals surface area contributed by atoms with Gasteiger partial charge in [-0.15, -0.1) is 0 Å². The molecule has 2 heterocycles. The van der Waals surface area contributed by atoms with Crippen LogP contribution in [-0.4, -0.2) is 19.7 Å². The zero-order chi connectivity index (χ0) is 11.7. The topological polar surface area (TPSA) is 59.6 Å². The summed E-state index contributed by atoms with van der Waals surface area (Å²) < 4.78 is 7.93. The minimum Gasteiger partial charge on any atom is -0.444 e. The molecule has 5 nitrogen and oxygen atoms in total. The summed E-state index contributed by atoms with van der Waals surface area (Å²) >= 11 is 5.17. The Morgan fingerprint density at radius 1 is 1.56 bits per heavy atom. The van der Waals surface area contributed by atoms with Crippen LogP contribution in [0.4, 0.5) is 0 Å². The lowest BCUT2D eigenvalue weighted by Crippen LogP contribution is -2.07. The SMILES string of the molecule is Cc1cnc(Cn2c(C(C)C)n[nH]c2=S)o1. The molecule has 0 aliphatic heterocycles. The summed E-state index contributed by atoms with van der Waals surface area (Å²) in [6.07, 6.45) is 1.70. The van der Waals surface area contributed by atoms with Crippen LogP contribution in [-0.2, 0) is 6.54 Å². The van der Waals surface area contributed by atoms with Crippen molar-refractivity contribution in [3.05, 3.63) is 28.4 Å². The average Bonchev–Trinajstić information content (AvgIpc) is 2.76. The molecule has 2 aromatic rings. The van der Waals surface area contributed by atoms with E-state index in [1.807, 2.05) is 11.5 Å². The van der Waals surface area contributed by atoms with Crippen LogP contribution in [0.3, 0.4) is 0 Å². The average molecular weight is 238 g/mol. The molecule has 1 N–H and O–H groups in total. The Balaban J connectivity index is 2.33. The second-order valence-corrected chi connectivity index (χ2v) is 4.38. The van der Waals surface area contributed by atoms with Crippen LogP contribution in [0.5, 0.6) is 0 Å². The molecule has 2 rings (SSSR count). The van der Waals surface area contributed by atoms with Crippen molar-refractivity contribution in [1.29, 1.82) is 0 Å². The number of hydrogen-bond acceptors (Lipinski definition) is 4. The molecule has 0 bridgehead atoms. The van der Waals surface area contributed by atoms with Crippen LogP contribution < -0.4 is 0 Å². The van der Waals surface area contributed by atoms with Crippen molar-refractivity contribution < 1.29 is 4.42 Å². The predicted octanol–water partition coefficient (Wildman–Crippen LogP) is 2.41. The fourth-order valence-corrected chi connectivity index (χ4v) is 1.74. The first-order chi connectivity index (χ1) is 7.58. The van der Waals surface area contributed by atoms with E-state index in [4.69, 9.17) is 16.6 Å². The molecule has 0 spiro atoms. The Kier molecular flexibility index (Phi) is 2.91. The summed E-state index contributed by atoms with van der Waals surface area (Å²) in [4.78, 5) is 4.16. The molecule has 0 unspecified atom stereocenters. The number of aromatic nitrogens is 4. The Morgan fingerprint density at radius 2 is 2.31 bits per heavy atom. The van der Waals surface area contributed by atoms with Crippen LogP contribution in [0.1, 0.15) is 37.2 Å². The first-order valence-electron chi connectivity index (χ1n) is 5.14. The van der Waals surface area contributed by atoms with Gasteiger partial charge in [-0.3, -0.25) is 9.67 Å². The highest BCUT2D eigenvalue weighted by molar-refractivity contribution is 7.71. The van der Waals surface area contributed by atoms with Gasteiger partial charge in [0.15, 0.2) is 4.77 Å². The molecule has 0 aliphatic rings. The van der Waals surface area contributed by atoms with Gasteiger partial charge in [0.2, 0.25) is 5.89 Å². The zero-order valence-electron chi connectivity index (χ0n) is 9.52. The molecule has 6 heteroatoms. The molecule has 0 amide bonds. The number of H-pyrrole nitrogens is 1. The van der Waals surface area contributed by atoms with Gasteiger partial charge in [0.25, 0.3) is 0 Å². The maximum absolute atomic E-state index is 5.43. The molecule has 86 valence electrons. The lowest BCUT2D eigenvalue weighted by atomic mass is 10.2. The normalized spacial score (nSPS) is 11.2. The summed E-state index contributed by atoms with van der Waals surface area (Å²) in [5, 5.41) is 6.99. The van der Waals surface area contributed by atoms with Gasteiger partial charge in [-0.05, 0) is 19.1 Å². The molecule has 0 saturated carbocycles. The lowest BCUT2D eigenvalue weighted by Gasteiger charge is -2.06. The van der Waals surface area contributed by atoms with Crippen molar-refractivity contribution in [2.75, 3.05) is 0 Å². The number of rotatable bonds is 3. The highest BCUT2D eigenvalue weighted by Crippen LogP contribution is 2.13. The highest BCUT2D eigenvalue weighted by Gasteiger charge is 2.12. The Hall–Kier alpha value is -1.43. The maximum Gasteiger partial charge on any atom is 0.214 e. The van der Waals surface area contributed by atoms with E-state index in [0.29, 0.717) is 23.1 Å². The van der Waals surface area contributed by atoms with E-state index in [1.54, 1.807) is 6.20 Å². The fourth-order valence-electron chi connectivity index (χ4n) is 1.53. The molecular weight excluding hydrogens is 224 g/mol. The van der Waals surface area contributed by atoms with Gasteiger partial charge >= 0.3 is 0 Å².